The van der Waals surface area contributed by atoms with E-state index in [2.05, 4.69) is 15.3 Å². The normalized spacial score (nSPS) is 11.7. The van der Waals surface area contributed by atoms with Gasteiger partial charge in [0.2, 0.25) is 0 Å². The first kappa shape index (κ1) is 20.9. The van der Waals surface area contributed by atoms with Gasteiger partial charge >= 0.3 is 5.97 Å². The van der Waals surface area contributed by atoms with Crippen LogP contribution < -0.4 is 5.32 Å². The zero-order chi connectivity index (χ0) is 19.8. The number of rotatable bonds is 8. The first-order chi connectivity index (χ1) is 12.9. The minimum Gasteiger partial charge on any atom is -0.453 e. The van der Waals surface area contributed by atoms with Crippen LogP contribution in [0.5, 0.6) is 0 Å². The van der Waals surface area contributed by atoms with E-state index in [4.69, 9.17) is 4.74 Å². The predicted octanol–water partition coefficient (Wildman–Crippen LogP) is 3.00. The molecule has 2 aromatic rings. The van der Waals surface area contributed by atoms with Crippen LogP contribution >= 0.6 is 11.8 Å². The van der Waals surface area contributed by atoms with Crippen LogP contribution in [-0.4, -0.2) is 34.2 Å². The van der Waals surface area contributed by atoms with Crippen molar-refractivity contribution in [3.8, 4) is 0 Å². The highest BCUT2D eigenvalue weighted by molar-refractivity contribution is 7.98. The summed E-state index contributed by atoms with van der Waals surface area (Å²) >= 11 is 1.49. The fourth-order valence-corrected chi connectivity index (χ4v) is 3.08. The molecule has 6 nitrogen and oxygen atoms in total. The summed E-state index contributed by atoms with van der Waals surface area (Å²) in [7, 11) is 0. The molecular weight excluding hydrogens is 362 g/mol. The Bertz CT molecular complexity index is 773. The summed E-state index contributed by atoms with van der Waals surface area (Å²) in [6.45, 7) is 5.80. The molecule has 0 saturated heterocycles. The van der Waals surface area contributed by atoms with Crippen molar-refractivity contribution in [1.29, 1.82) is 0 Å². The summed E-state index contributed by atoms with van der Waals surface area (Å²) < 4.78 is 5.25. The second kappa shape index (κ2) is 10.1. The van der Waals surface area contributed by atoms with E-state index in [0.717, 1.165) is 27.7 Å². The average Bonchev–Trinajstić information content (AvgIpc) is 2.65. The number of hydrogen-bond donors (Lipinski definition) is 1. The summed E-state index contributed by atoms with van der Waals surface area (Å²) in [4.78, 5) is 33.0. The summed E-state index contributed by atoms with van der Waals surface area (Å²) in [5.41, 5.74) is 3.68. The van der Waals surface area contributed by atoms with Crippen molar-refractivity contribution in [3.63, 3.8) is 0 Å². The number of carbonyl (C=O) groups is 2. The molecule has 7 heteroatoms. The molecule has 0 aliphatic rings. The topological polar surface area (TPSA) is 81.2 Å². The lowest BCUT2D eigenvalue weighted by Gasteiger charge is -2.14. The number of hydrogen-bond acceptors (Lipinski definition) is 6. The molecule has 1 N–H and O–H groups in total. The van der Waals surface area contributed by atoms with Gasteiger partial charge < -0.3 is 10.1 Å². The first-order valence-electron chi connectivity index (χ1n) is 8.80. The van der Waals surface area contributed by atoms with Crippen molar-refractivity contribution < 1.29 is 14.3 Å². The number of nitrogens with zero attached hydrogens (tertiary/aromatic N) is 2. The Labute approximate surface area is 164 Å². The first-order valence-corrected chi connectivity index (χ1v) is 10.0. The van der Waals surface area contributed by atoms with Crippen LogP contribution in [0.25, 0.3) is 0 Å². The standard InChI is InChI=1S/C20H25N3O3S/c1-13-17(14(2)23-20(22-13)27-4)10-11-18(24)26-15(3)19(25)21-12-16-8-6-5-7-9-16/h5-9,15H,10-12H2,1-4H3,(H,21,25)/t15-/m0/s1. The van der Waals surface area contributed by atoms with Crippen LogP contribution in [0.3, 0.4) is 0 Å². The highest BCUT2D eigenvalue weighted by atomic mass is 32.2. The van der Waals surface area contributed by atoms with Crippen molar-refractivity contribution in [1.82, 2.24) is 15.3 Å². The van der Waals surface area contributed by atoms with E-state index in [1.54, 1.807) is 6.92 Å². The highest BCUT2D eigenvalue weighted by Crippen LogP contribution is 2.17. The second-order valence-corrected chi connectivity index (χ2v) is 6.97. The van der Waals surface area contributed by atoms with Gasteiger partial charge in [-0.1, -0.05) is 42.1 Å². The van der Waals surface area contributed by atoms with E-state index in [1.165, 1.54) is 11.8 Å². The van der Waals surface area contributed by atoms with Gasteiger partial charge in [-0.2, -0.15) is 0 Å². The fraction of sp³-hybridized carbons (Fsp3) is 0.400. The van der Waals surface area contributed by atoms with Gasteiger partial charge in [0.15, 0.2) is 11.3 Å². The Kier molecular flexibility index (Phi) is 7.79. The molecule has 0 fully saturated rings. The van der Waals surface area contributed by atoms with Crippen molar-refractivity contribution in [2.75, 3.05) is 6.26 Å². The third kappa shape index (κ3) is 6.36. The molecule has 1 aromatic heterocycles. The number of nitrogens with one attached hydrogen (secondary N) is 1. The molecule has 0 spiro atoms. The molecule has 0 aliphatic heterocycles. The lowest BCUT2D eigenvalue weighted by Crippen LogP contribution is -2.35. The van der Waals surface area contributed by atoms with Gasteiger partial charge in [0.05, 0.1) is 0 Å². The third-order valence-corrected chi connectivity index (χ3v) is 4.70. The van der Waals surface area contributed by atoms with Crippen LogP contribution in [0, 0.1) is 13.8 Å². The summed E-state index contributed by atoms with van der Waals surface area (Å²) in [5.74, 6) is -0.725. The van der Waals surface area contributed by atoms with Gasteiger partial charge in [-0.3, -0.25) is 9.59 Å². The molecule has 27 heavy (non-hydrogen) atoms. The van der Waals surface area contributed by atoms with E-state index >= 15 is 0 Å². The molecule has 1 aromatic carbocycles. The maximum absolute atomic E-state index is 12.1. The quantitative estimate of drug-likeness (QED) is 0.426. The Hall–Kier alpha value is -2.41. The van der Waals surface area contributed by atoms with Crippen LogP contribution in [-0.2, 0) is 27.3 Å². The van der Waals surface area contributed by atoms with Crippen molar-refractivity contribution in [2.45, 2.75) is 51.4 Å². The van der Waals surface area contributed by atoms with E-state index in [9.17, 15) is 9.59 Å². The molecule has 0 radical (unpaired) electrons. The Morgan fingerprint density at radius 3 is 2.37 bits per heavy atom. The van der Waals surface area contributed by atoms with Gasteiger partial charge in [0.1, 0.15) is 0 Å². The molecule has 1 amide bonds. The maximum atomic E-state index is 12.1. The molecule has 2 rings (SSSR count). The van der Waals surface area contributed by atoms with Crippen LogP contribution in [0.4, 0.5) is 0 Å². The molecule has 1 heterocycles. The molecule has 0 saturated carbocycles. The summed E-state index contributed by atoms with van der Waals surface area (Å²) in [6, 6.07) is 9.57. The van der Waals surface area contributed by atoms with Gasteiger partial charge in [0.25, 0.3) is 5.91 Å². The second-order valence-electron chi connectivity index (χ2n) is 6.20. The lowest BCUT2D eigenvalue weighted by molar-refractivity contribution is -0.154. The van der Waals surface area contributed by atoms with Gasteiger partial charge in [0, 0.05) is 24.4 Å². The van der Waals surface area contributed by atoms with E-state index < -0.39 is 12.1 Å². The summed E-state index contributed by atoms with van der Waals surface area (Å²) in [5, 5.41) is 3.49. The van der Waals surface area contributed by atoms with E-state index in [0.29, 0.717) is 13.0 Å². The van der Waals surface area contributed by atoms with Crippen LogP contribution in [0.15, 0.2) is 35.5 Å². The smallest absolute Gasteiger partial charge is 0.306 e. The van der Waals surface area contributed by atoms with Crippen molar-refractivity contribution >= 4 is 23.6 Å². The Morgan fingerprint density at radius 2 is 1.78 bits per heavy atom. The largest absolute Gasteiger partial charge is 0.453 e. The number of benzene rings is 1. The van der Waals surface area contributed by atoms with Gasteiger partial charge in [-0.25, -0.2) is 9.97 Å². The molecule has 1 atom stereocenters. The minimum atomic E-state index is -0.835. The van der Waals surface area contributed by atoms with Gasteiger partial charge in [-0.15, -0.1) is 0 Å². The maximum Gasteiger partial charge on any atom is 0.306 e. The number of esters is 1. The monoisotopic (exact) mass is 387 g/mol. The number of amides is 1. The fourth-order valence-electron chi connectivity index (χ4n) is 2.63. The van der Waals surface area contributed by atoms with E-state index in [-0.39, 0.29) is 12.3 Å². The van der Waals surface area contributed by atoms with E-state index in [1.807, 2.05) is 50.4 Å². The Morgan fingerprint density at radius 1 is 1.15 bits per heavy atom. The number of aromatic nitrogens is 2. The number of carbonyl (C=O) groups excluding carboxylic acids is 2. The average molecular weight is 388 g/mol. The minimum absolute atomic E-state index is 0.181. The predicted molar refractivity (Wildman–Crippen MR) is 105 cm³/mol. The zero-order valence-corrected chi connectivity index (χ0v) is 16.9. The lowest BCUT2D eigenvalue weighted by atomic mass is 10.1. The SMILES string of the molecule is CSc1nc(C)c(CCC(=O)O[C@@H](C)C(=O)NCc2ccccc2)c(C)n1. The van der Waals surface area contributed by atoms with Gasteiger partial charge in [-0.05, 0) is 44.6 Å². The zero-order valence-electron chi connectivity index (χ0n) is 16.1. The number of aryl methyl sites for hydroxylation is 2. The van der Waals surface area contributed by atoms with Crippen LogP contribution in [0.1, 0.15) is 35.9 Å². The molecule has 144 valence electrons. The molecular formula is C20H25N3O3S. The Balaban J connectivity index is 1.82. The highest BCUT2D eigenvalue weighted by Gasteiger charge is 2.18. The third-order valence-electron chi connectivity index (χ3n) is 4.15. The number of thioether (sulfide) groups is 1. The molecule has 0 unspecified atom stereocenters. The number of ether oxygens (including phenoxy) is 1. The summed E-state index contributed by atoms with van der Waals surface area (Å²) in [6.07, 6.45) is 1.76. The molecule has 0 aliphatic carbocycles. The molecule has 0 bridgehead atoms. The van der Waals surface area contributed by atoms with Crippen LogP contribution in [0.2, 0.25) is 0 Å². The van der Waals surface area contributed by atoms with Crippen molar-refractivity contribution in [2.24, 2.45) is 0 Å². The van der Waals surface area contributed by atoms with Crippen molar-refractivity contribution in [3.05, 3.63) is 52.8 Å².